The summed E-state index contributed by atoms with van der Waals surface area (Å²) in [5, 5.41) is 0. The second kappa shape index (κ2) is 8.57. The lowest BCUT2D eigenvalue weighted by atomic mass is 9.99. The molecule has 2 aromatic carbocycles. The van der Waals surface area contributed by atoms with Gasteiger partial charge in [0.25, 0.3) is 0 Å². The lowest BCUT2D eigenvalue weighted by Crippen LogP contribution is -2.17. The van der Waals surface area contributed by atoms with Crippen LogP contribution < -0.4 is 4.74 Å². The number of methoxy groups -OCH3 is 1. The zero-order chi connectivity index (χ0) is 15.8. The summed E-state index contributed by atoms with van der Waals surface area (Å²) in [4.78, 5) is 12.7. The first-order chi connectivity index (χ1) is 10.8. The molecule has 0 N–H and O–H groups in total. The zero-order valence-electron chi connectivity index (χ0n) is 12.5. The fraction of sp³-hybridized carbons (Fsp3) is 0.278. The summed E-state index contributed by atoms with van der Waals surface area (Å²) in [7, 11) is 1.60. The van der Waals surface area contributed by atoms with Crippen LogP contribution in [0.15, 0.2) is 54.6 Å². The van der Waals surface area contributed by atoms with Gasteiger partial charge >= 0.3 is 0 Å². The zero-order valence-corrected chi connectivity index (χ0v) is 13.3. The maximum atomic E-state index is 12.7. The van der Waals surface area contributed by atoms with E-state index in [1.807, 2.05) is 42.5 Å². The Morgan fingerprint density at radius 2 is 1.91 bits per heavy atom. The predicted octanol–water partition coefficient (Wildman–Crippen LogP) is 4.26. The van der Waals surface area contributed by atoms with Crippen molar-refractivity contribution in [3.05, 3.63) is 65.7 Å². The van der Waals surface area contributed by atoms with E-state index in [-0.39, 0.29) is 5.78 Å². The molecule has 0 amide bonds. The van der Waals surface area contributed by atoms with Gasteiger partial charge in [0.2, 0.25) is 0 Å². The molecular formula is C18H19ClO3. The number of benzene rings is 2. The van der Waals surface area contributed by atoms with E-state index in [9.17, 15) is 4.79 Å². The number of Topliss-reactive ketones (excluding diaryl/α,β-unsaturated/α-hetero) is 1. The minimum Gasteiger partial charge on any atom is -0.497 e. The summed E-state index contributed by atoms with van der Waals surface area (Å²) in [5.41, 5.74) is 1.41. The van der Waals surface area contributed by atoms with E-state index < -0.39 is 6.10 Å². The lowest BCUT2D eigenvalue weighted by molar-refractivity contribution is 0.0408. The van der Waals surface area contributed by atoms with Crippen molar-refractivity contribution < 1.29 is 14.3 Å². The van der Waals surface area contributed by atoms with Crippen molar-refractivity contribution in [3.8, 4) is 5.75 Å². The van der Waals surface area contributed by atoms with E-state index in [0.717, 1.165) is 5.56 Å². The lowest BCUT2D eigenvalue weighted by Gasteiger charge is -2.18. The van der Waals surface area contributed by atoms with Gasteiger partial charge in [0.15, 0.2) is 5.78 Å². The van der Waals surface area contributed by atoms with Gasteiger partial charge in [0.1, 0.15) is 11.9 Å². The molecule has 0 aliphatic rings. The Balaban J connectivity index is 2.27. The van der Waals surface area contributed by atoms with Crippen LogP contribution in [0.2, 0.25) is 0 Å². The van der Waals surface area contributed by atoms with Crippen LogP contribution in [0.1, 0.15) is 28.4 Å². The van der Waals surface area contributed by atoms with E-state index in [1.165, 1.54) is 0 Å². The molecule has 116 valence electrons. The number of alkyl halides is 1. The molecule has 0 heterocycles. The van der Waals surface area contributed by atoms with Crippen molar-refractivity contribution in [1.29, 1.82) is 0 Å². The van der Waals surface area contributed by atoms with Gasteiger partial charge in [-0.05, 0) is 24.1 Å². The first-order valence-electron chi connectivity index (χ1n) is 7.17. The third kappa shape index (κ3) is 4.33. The second-order valence-electron chi connectivity index (χ2n) is 4.80. The molecule has 4 heteroatoms. The predicted molar refractivity (Wildman–Crippen MR) is 87.8 cm³/mol. The minimum atomic E-state index is -0.652. The van der Waals surface area contributed by atoms with Crippen LogP contribution in [0, 0.1) is 0 Å². The van der Waals surface area contributed by atoms with Crippen molar-refractivity contribution in [1.82, 2.24) is 0 Å². The van der Waals surface area contributed by atoms with Crippen LogP contribution in [0.3, 0.4) is 0 Å². The summed E-state index contributed by atoms with van der Waals surface area (Å²) < 4.78 is 11.0. The van der Waals surface area contributed by atoms with Crippen LogP contribution in [0.25, 0.3) is 0 Å². The Hall–Kier alpha value is -1.84. The van der Waals surface area contributed by atoms with Crippen molar-refractivity contribution in [2.24, 2.45) is 0 Å². The second-order valence-corrected chi connectivity index (χ2v) is 5.18. The monoisotopic (exact) mass is 318 g/mol. The largest absolute Gasteiger partial charge is 0.497 e. The normalized spacial score (nSPS) is 11.9. The smallest absolute Gasteiger partial charge is 0.196 e. The molecule has 3 nitrogen and oxygen atoms in total. The standard InChI is InChI=1S/C18H19ClO3/c1-21-16-10-5-9-15(13-16)18(22-12-6-11-19)17(20)14-7-3-2-4-8-14/h2-5,7-10,13,18H,6,11-12H2,1H3. The molecular weight excluding hydrogens is 300 g/mol. The average Bonchev–Trinajstić information content (AvgIpc) is 2.59. The van der Waals surface area contributed by atoms with Crippen LogP contribution in [0.5, 0.6) is 5.75 Å². The van der Waals surface area contributed by atoms with Gasteiger partial charge in [-0.3, -0.25) is 4.79 Å². The fourth-order valence-corrected chi connectivity index (χ4v) is 2.25. The number of ether oxygens (including phenoxy) is 2. The van der Waals surface area contributed by atoms with Gasteiger partial charge in [-0.1, -0.05) is 42.5 Å². The van der Waals surface area contributed by atoms with Gasteiger partial charge in [-0.2, -0.15) is 0 Å². The third-order valence-corrected chi connectivity index (χ3v) is 3.52. The van der Waals surface area contributed by atoms with Crippen LogP contribution in [-0.2, 0) is 4.74 Å². The van der Waals surface area contributed by atoms with Crippen molar-refractivity contribution in [2.45, 2.75) is 12.5 Å². The summed E-state index contributed by atoms with van der Waals surface area (Å²) in [6.07, 6.45) is 0.0464. The van der Waals surface area contributed by atoms with Gasteiger partial charge in [0, 0.05) is 18.1 Å². The van der Waals surface area contributed by atoms with Gasteiger partial charge in [-0.25, -0.2) is 0 Å². The number of rotatable bonds is 8. The highest BCUT2D eigenvalue weighted by atomic mass is 35.5. The van der Waals surface area contributed by atoms with Crippen LogP contribution in [-0.4, -0.2) is 25.4 Å². The number of carbonyl (C=O) groups excluding carboxylic acids is 1. The molecule has 0 radical (unpaired) electrons. The molecule has 0 spiro atoms. The first-order valence-corrected chi connectivity index (χ1v) is 7.70. The molecule has 0 bridgehead atoms. The van der Waals surface area contributed by atoms with Gasteiger partial charge in [-0.15, -0.1) is 11.6 Å². The van der Waals surface area contributed by atoms with E-state index in [4.69, 9.17) is 21.1 Å². The van der Waals surface area contributed by atoms with Crippen molar-refractivity contribution >= 4 is 17.4 Å². The highest BCUT2D eigenvalue weighted by molar-refractivity contribution is 6.17. The Bertz CT molecular complexity index is 598. The number of hydrogen-bond donors (Lipinski definition) is 0. The quantitative estimate of drug-likeness (QED) is 0.414. The molecule has 0 aliphatic carbocycles. The maximum absolute atomic E-state index is 12.7. The number of carbonyl (C=O) groups is 1. The first kappa shape index (κ1) is 16.5. The molecule has 2 aromatic rings. The number of ketones is 1. The molecule has 1 atom stereocenters. The van der Waals surface area contributed by atoms with E-state index in [2.05, 4.69) is 0 Å². The Morgan fingerprint density at radius 3 is 2.59 bits per heavy atom. The highest BCUT2D eigenvalue weighted by Gasteiger charge is 2.23. The van der Waals surface area contributed by atoms with Crippen LogP contribution >= 0.6 is 11.6 Å². The summed E-state index contributed by atoms with van der Waals surface area (Å²) in [5.74, 6) is 1.14. The molecule has 0 saturated carbocycles. The van der Waals surface area contributed by atoms with E-state index in [0.29, 0.717) is 30.2 Å². The minimum absolute atomic E-state index is 0.0663. The highest BCUT2D eigenvalue weighted by Crippen LogP contribution is 2.26. The maximum Gasteiger partial charge on any atom is 0.196 e. The number of hydrogen-bond acceptors (Lipinski definition) is 3. The summed E-state index contributed by atoms with van der Waals surface area (Å²) in [6, 6.07) is 16.5. The van der Waals surface area contributed by atoms with Gasteiger partial charge < -0.3 is 9.47 Å². The van der Waals surface area contributed by atoms with Crippen molar-refractivity contribution in [2.75, 3.05) is 19.6 Å². The van der Waals surface area contributed by atoms with E-state index >= 15 is 0 Å². The third-order valence-electron chi connectivity index (χ3n) is 3.26. The molecule has 0 aliphatic heterocycles. The Labute approximate surface area is 135 Å². The Kier molecular flexibility index (Phi) is 6.44. The van der Waals surface area contributed by atoms with Gasteiger partial charge in [0.05, 0.1) is 7.11 Å². The Morgan fingerprint density at radius 1 is 1.14 bits per heavy atom. The number of halogens is 1. The van der Waals surface area contributed by atoms with Crippen molar-refractivity contribution in [3.63, 3.8) is 0 Å². The molecule has 1 unspecified atom stereocenters. The summed E-state index contributed by atoms with van der Waals surface area (Å²) in [6.45, 7) is 0.434. The fourth-order valence-electron chi connectivity index (χ4n) is 2.14. The SMILES string of the molecule is COc1cccc(C(OCCCCl)C(=O)c2ccccc2)c1. The average molecular weight is 319 g/mol. The molecule has 0 fully saturated rings. The molecule has 0 saturated heterocycles. The molecule has 0 aromatic heterocycles. The van der Waals surface area contributed by atoms with Crippen LogP contribution in [0.4, 0.5) is 0 Å². The topological polar surface area (TPSA) is 35.5 Å². The molecule has 2 rings (SSSR count). The molecule has 22 heavy (non-hydrogen) atoms. The van der Waals surface area contributed by atoms with E-state index in [1.54, 1.807) is 19.2 Å². The summed E-state index contributed by atoms with van der Waals surface area (Å²) >= 11 is 5.69.